The molecule has 192 valence electrons. The average Bonchev–Trinajstić information content (AvgIpc) is 3.35. The first-order valence-corrected chi connectivity index (χ1v) is 11.7. The Balaban J connectivity index is 1.50. The van der Waals surface area contributed by atoms with Crippen molar-refractivity contribution >= 4 is 33.6 Å². The van der Waals surface area contributed by atoms with Crippen molar-refractivity contribution in [1.82, 2.24) is 29.9 Å². The summed E-state index contributed by atoms with van der Waals surface area (Å²) in [5.74, 6) is 2.63. The summed E-state index contributed by atoms with van der Waals surface area (Å²) in [6, 6.07) is 5.29. The molecule has 37 heavy (non-hydrogen) atoms. The second-order valence-electron chi connectivity index (χ2n) is 9.51. The van der Waals surface area contributed by atoms with Gasteiger partial charge in [0.25, 0.3) is 0 Å². The van der Waals surface area contributed by atoms with Gasteiger partial charge in [0.15, 0.2) is 0 Å². The van der Waals surface area contributed by atoms with Crippen LogP contribution >= 0.6 is 0 Å². The molecule has 0 saturated heterocycles. The minimum atomic E-state index is -4.34. The topological polar surface area (TPSA) is 107 Å². The molecule has 1 aromatic carbocycles. The summed E-state index contributed by atoms with van der Waals surface area (Å²) in [6.45, 7) is 5.46. The first kappa shape index (κ1) is 23.3. The molecule has 4 aromatic heterocycles. The predicted octanol–water partition coefficient (Wildman–Crippen LogP) is 5.77. The minimum Gasteiger partial charge on any atom is -0.496 e. The van der Waals surface area contributed by atoms with Crippen LogP contribution in [0.1, 0.15) is 35.8 Å². The van der Waals surface area contributed by atoms with Crippen LogP contribution < -0.4 is 10.1 Å². The number of nitrogens with zero attached hydrogens (tertiary/aromatic N) is 5. The van der Waals surface area contributed by atoms with Crippen LogP contribution in [0.5, 0.6) is 5.75 Å². The summed E-state index contributed by atoms with van der Waals surface area (Å²) in [5.41, 5.74) is 1.91. The van der Waals surface area contributed by atoms with E-state index in [2.05, 4.69) is 30.5 Å². The summed E-state index contributed by atoms with van der Waals surface area (Å²) in [6.07, 6.45) is -4.26. The lowest BCUT2D eigenvalue weighted by atomic mass is 10.0. The molecule has 0 aliphatic heterocycles. The Bertz CT molecular complexity index is 1670. The highest BCUT2D eigenvalue weighted by atomic mass is 19.4. The van der Waals surface area contributed by atoms with Gasteiger partial charge >= 0.3 is 6.18 Å². The van der Waals surface area contributed by atoms with Crippen molar-refractivity contribution < 1.29 is 22.4 Å². The molecule has 12 heteroatoms. The summed E-state index contributed by atoms with van der Waals surface area (Å²) in [5, 5.41) is 12.9. The van der Waals surface area contributed by atoms with Gasteiger partial charge in [0.1, 0.15) is 40.0 Å². The van der Waals surface area contributed by atoms with E-state index in [1.807, 2.05) is 26.0 Å². The van der Waals surface area contributed by atoms with E-state index in [1.165, 1.54) is 10.7 Å². The standard InChI is InChI=1S/C25H24F3N7O2/c1-11-20(12(2)37-34-11)15-8-16-14(9-17(15)36-5)21-22(31-16)29-13(3)30-23(21)32-19-10-18(33-35(19)4)24(6-7-24)25(26,27)28/h8-10H,6-7H2,1-5H3,(H2,29,30,31,32). The van der Waals surface area contributed by atoms with Crippen LogP contribution in [0.2, 0.25) is 0 Å². The molecule has 1 fully saturated rings. The van der Waals surface area contributed by atoms with Gasteiger partial charge in [0.05, 0.1) is 29.4 Å². The zero-order valence-corrected chi connectivity index (χ0v) is 20.8. The lowest BCUT2D eigenvalue weighted by molar-refractivity contribution is -0.161. The molecule has 0 amide bonds. The lowest BCUT2D eigenvalue weighted by Gasteiger charge is -2.16. The lowest BCUT2D eigenvalue weighted by Crippen LogP contribution is -2.29. The Morgan fingerprint density at radius 3 is 2.51 bits per heavy atom. The number of nitrogens with one attached hydrogen (secondary N) is 2. The largest absolute Gasteiger partial charge is 0.496 e. The number of aromatic amines is 1. The molecule has 4 heterocycles. The second-order valence-corrected chi connectivity index (χ2v) is 9.51. The molecule has 6 rings (SSSR count). The van der Waals surface area contributed by atoms with Gasteiger partial charge in [0.2, 0.25) is 0 Å². The maximum Gasteiger partial charge on any atom is 0.400 e. The van der Waals surface area contributed by atoms with Crippen LogP contribution in [0.3, 0.4) is 0 Å². The number of ether oxygens (including phenoxy) is 1. The van der Waals surface area contributed by atoms with Crippen LogP contribution in [-0.4, -0.2) is 43.2 Å². The van der Waals surface area contributed by atoms with Crippen molar-refractivity contribution in [3.05, 3.63) is 41.2 Å². The molecule has 2 N–H and O–H groups in total. The van der Waals surface area contributed by atoms with Crippen LogP contribution in [0.4, 0.5) is 24.8 Å². The van der Waals surface area contributed by atoms with Gasteiger partial charge in [0, 0.05) is 29.6 Å². The first-order chi connectivity index (χ1) is 17.5. The summed E-state index contributed by atoms with van der Waals surface area (Å²) in [4.78, 5) is 12.5. The van der Waals surface area contributed by atoms with Gasteiger partial charge in [-0.3, -0.25) is 4.68 Å². The van der Waals surface area contributed by atoms with Crippen molar-refractivity contribution in [1.29, 1.82) is 0 Å². The van der Waals surface area contributed by atoms with Crippen molar-refractivity contribution in [2.75, 3.05) is 12.4 Å². The highest BCUT2D eigenvalue weighted by molar-refractivity contribution is 6.13. The number of alkyl halides is 3. The maximum absolute atomic E-state index is 13.7. The number of methoxy groups -OCH3 is 1. The number of benzene rings is 1. The number of aromatic nitrogens is 6. The molecule has 0 radical (unpaired) electrons. The zero-order chi connectivity index (χ0) is 26.3. The van der Waals surface area contributed by atoms with Crippen molar-refractivity contribution in [2.24, 2.45) is 7.05 Å². The normalized spacial score (nSPS) is 15.0. The second kappa shape index (κ2) is 7.70. The molecule has 1 saturated carbocycles. The quantitative estimate of drug-likeness (QED) is 0.308. The Morgan fingerprint density at radius 1 is 1.14 bits per heavy atom. The minimum absolute atomic E-state index is 0.0109. The SMILES string of the molecule is COc1cc2c(cc1-c1c(C)noc1C)[nH]c1nc(C)nc(Nc3cc(C4(C(F)(F)F)CC4)nn3C)c12. The maximum atomic E-state index is 13.7. The van der Waals surface area contributed by atoms with E-state index in [0.29, 0.717) is 40.0 Å². The molecule has 1 aliphatic carbocycles. The number of H-pyrrole nitrogens is 1. The Hall–Kier alpha value is -4.09. The fourth-order valence-electron chi connectivity index (χ4n) is 5.01. The van der Waals surface area contributed by atoms with Crippen LogP contribution in [0, 0.1) is 20.8 Å². The molecule has 0 atom stereocenters. The highest BCUT2D eigenvalue weighted by Crippen LogP contribution is 2.58. The number of anilines is 2. The number of hydrogen-bond acceptors (Lipinski definition) is 7. The van der Waals surface area contributed by atoms with E-state index in [9.17, 15) is 13.2 Å². The third kappa shape index (κ3) is 3.45. The molecular weight excluding hydrogens is 487 g/mol. The molecule has 0 unspecified atom stereocenters. The Morgan fingerprint density at radius 2 is 1.89 bits per heavy atom. The summed E-state index contributed by atoms with van der Waals surface area (Å²) < 4.78 is 53.5. The van der Waals surface area contributed by atoms with Crippen LogP contribution in [-0.2, 0) is 12.5 Å². The van der Waals surface area contributed by atoms with E-state index in [1.54, 1.807) is 21.1 Å². The third-order valence-corrected chi connectivity index (χ3v) is 7.09. The fourth-order valence-corrected chi connectivity index (χ4v) is 5.01. The van der Waals surface area contributed by atoms with Gasteiger partial charge < -0.3 is 19.6 Å². The van der Waals surface area contributed by atoms with Gasteiger partial charge in [-0.05, 0) is 45.7 Å². The van der Waals surface area contributed by atoms with Crippen molar-refractivity contribution in [3.63, 3.8) is 0 Å². The molecule has 0 spiro atoms. The predicted molar refractivity (Wildman–Crippen MR) is 131 cm³/mol. The van der Waals surface area contributed by atoms with E-state index in [4.69, 9.17) is 9.26 Å². The van der Waals surface area contributed by atoms with E-state index in [-0.39, 0.29) is 18.5 Å². The van der Waals surface area contributed by atoms with Gasteiger partial charge in [-0.25, -0.2) is 9.97 Å². The molecule has 9 nitrogen and oxygen atoms in total. The zero-order valence-electron chi connectivity index (χ0n) is 20.8. The number of rotatable bonds is 5. The van der Waals surface area contributed by atoms with Crippen molar-refractivity contribution in [2.45, 2.75) is 45.2 Å². The monoisotopic (exact) mass is 511 g/mol. The van der Waals surface area contributed by atoms with E-state index < -0.39 is 11.6 Å². The molecule has 5 aromatic rings. The van der Waals surface area contributed by atoms with Gasteiger partial charge in [-0.1, -0.05) is 5.16 Å². The fraction of sp³-hybridized carbons (Fsp3) is 0.360. The number of fused-ring (bicyclic) bond motifs is 3. The Labute approximate surface area is 209 Å². The van der Waals surface area contributed by atoms with Crippen molar-refractivity contribution in [3.8, 4) is 16.9 Å². The molecule has 0 bridgehead atoms. The van der Waals surface area contributed by atoms with E-state index >= 15 is 0 Å². The summed E-state index contributed by atoms with van der Waals surface area (Å²) >= 11 is 0. The highest BCUT2D eigenvalue weighted by Gasteiger charge is 2.65. The molecular formula is C25H24F3N7O2. The smallest absolute Gasteiger partial charge is 0.400 e. The molecule has 1 aliphatic rings. The van der Waals surface area contributed by atoms with Crippen LogP contribution in [0.15, 0.2) is 22.7 Å². The van der Waals surface area contributed by atoms with Crippen LogP contribution in [0.25, 0.3) is 33.1 Å². The average molecular weight is 512 g/mol. The number of hydrogen-bond donors (Lipinski definition) is 2. The first-order valence-electron chi connectivity index (χ1n) is 11.7. The third-order valence-electron chi connectivity index (χ3n) is 7.09. The number of halogens is 3. The van der Waals surface area contributed by atoms with E-state index in [0.717, 1.165) is 27.7 Å². The Kier molecular flexibility index (Phi) is 4.85. The number of aryl methyl sites for hydroxylation is 4. The van der Waals surface area contributed by atoms with Gasteiger partial charge in [-0.15, -0.1) is 0 Å². The summed E-state index contributed by atoms with van der Waals surface area (Å²) in [7, 11) is 3.20. The van der Waals surface area contributed by atoms with Gasteiger partial charge in [-0.2, -0.15) is 18.3 Å².